The number of fused-ring (bicyclic) bond motifs is 4. The van der Waals surface area contributed by atoms with Gasteiger partial charge in [0, 0.05) is 11.0 Å². The van der Waals surface area contributed by atoms with E-state index in [1.54, 1.807) is 30.3 Å². The third-order valence-corrected chi connectivity index (χ3v) is 4.77. The van der Waals surface area contributed by atoms with E-state index < -0.39 is 18.0 Å². The Balaban J connectivity index is 1.88. The van der Waals surface area contributed by atoms with Gasteiger partial charge in [0.25, 0.3) is 0 Å². The third kappa shape index (κ3) is 2.34. The number of benzene rings is 2. The average molecular weight is 356 g/mol. The lowest BCUT2D eigenvalue weighted by atomic mass is 9.71. The van der Waals surface area contributed by atoms with E-state index in [1.165, 1.54) is 6.07 Å². The van der Waals surface area contributed by atoms with Crippen molar-refractivity contribution in [3.05, 3.63) is 64.7 Å². The van der Waals surface area contributed by atoms with Gasteiger partial charge in [0.1, 0.15) is 29.7 Å². The maximum absolute atomic E-state index is 14.4. The first-order valence-corrected chi connectivity index (χ1v) is 8.17. The summed E-state index contributed by atoms with van der Waals surface area (Å²) in [7, 11) is 0. The molecule has 0 fully saturated rings. The highest BCUT2D eigenvalue weighted by atomic mass is 19.1. The van der Waals surface area contributed by atoms with Crippen molar-refractivity contribution in [3.63, 3.8) is 0 Å². The van der Waals surface area contributed by atoms with Gasteiger partial charge in [-0.25, -0.2) is 4.39 Å². The molecule has 134 valence electrons. The molecular weight excluding hydrogens is 339 g/mol. The van der Waals surface area contributed by atoms with Gasteiger partial charge in [-0.2, -0.15) is 0 Å². The average Bonchev–Trinajstić information content (AvgIpc) is 3.02. The van der Waals surface area contributed by atoms with Crippen molar-refractivity contribution >= 4 is 16.8 Å². The van der Waals surface area contributed by atoms with Gasteiger partial charge >= 0.3 is 0 Å². The van der Waals surface area contributed by atoms with E-state index in [0.29, 0.717) is 22.7 Å². The molecule has 0 bridgehead atoms. The van der Waals surface area contributed by atoms with E-state index in [2.05, 4.69) is 0 Å². The van der Waals surface area contributed by atoms with E-state index in [9.17, 15) is 9.18 Å². The molecule has 1 aliphatic rings. The number of carbonyl (C=O) groups is 1. The largest absolute Gasteiger partial charge is 0.467 e. The van der Waals surface area contributed by atoms with Crippen LogP contribution in [0.5, 0.6) is 5.75 Å². The fourth-order valence-electron chi connectivity index (χ4n) is 3.50. The van der Waals surface area contributed by atoms with Crippen LogP contribution in [0.4, 0.5) is 4.39 Å². The number of rotatable bonds is 4. The van der Waals surface area contributed by atoms with Crippen LogP contribution in [0, 0.1) is 5.82 Å². The zero-order chi connectivity index (χ0) is 18.5. The third-order valence-electron chi connectivity index (χ3n) is 4.77. The number of carbonyl (C=O) groups excluding carboxylic acids is 1. The SMILES string of the molecule is CC1(C)c2cc(OCOCO)ccc2C(=O)c2c1oc1cccc(F)c21. The highest BCUT2D eigenvalue weighted by Crippen LogP contribution is 2.46. The van der Waals surface area contributed by atoms with Gasteiger partial charge < -0.3 is 19.0 Å². The van der Waals surface area contributed by atoms with Crippen LogP contribution in [0.15, 0.2) is 40.8 Å². The summed E-state index contributed by atoms with van der Waals surface area (Å²) in [5.41, 5.74) is 1.21. The minimum atomic E-state index is -0.652. The quantitative estimate of drug-likeness (QED) is 0.570. The molecule has 1 aliphatic carbocycles. The first-order chi connectivity index (χ1) is 12.4. The van der Waals surface area contributed by atoms with Crippen LogP contribution in [-0.2, 0) is 10.2 Å². The van der Waals surface area contributed by atoms with Gasteiger partial charge in [-0.1, -0.05) is 6.07 Å². The minimum absolute atomic E-state index is 0.106. The Morgan fingerprint density at radius 1 is 1.23 bits per heavy atom. The van der Waals surface area contributed by atoms with Crippen LogP contribution in [0.2, 0.25) is 0 Å². The number of hydrogen-bond acceptors (Lipinski definition) is 5. The first-order valence-electron chi connectivity index (χ1n) is 8.17. The summed E-state index contributed by atoms with van der Waals surface area (Å²) in [6.45, 7) is 3.30. The van der Waals surface area contributed by atoms with Crippen LogP contribution in [0.3, 0.4) is 0 Å². The van der Waals surface area contributed by atoms with Gasteiger partial charge in [0.2, 0.25) is 0 Å². The van der Waals surface area contributed by atoms with Crippen LogP contribution in [0.25, 0.3) is 11.0 Å². The lowest BCUT2D eigenvalue weighted by Crippen LogP contribution is -2.29. The normalized spacial score (nSPS) is 15.0. The second kappa shape index (κ2) is 5.93. The molecule has 0 unspecified atom stereocenters. The molecule has 5 nitrogen and oxygen atoms in total. The van der Waals surface area contributed by atoms with Gasteiger partial charge in [-0.05, 0) is 49.7 Å². The molecule has 0 atom stereocenters. The van der Waals surface area contributed by atoms with E-state index in [-0.39, 0.29) is 23.5 Å². The van der Waals surface area contributed by atoms with Crippen molar-refractivity contribution in [2.24, 2.45) is 0 Å². The maximum Gasteiger partial charge on any atom is 0.197 e. The van der Waals surface area contributed by atoms with Crippen molar-refractivity contribution in [3.8, 4) is 5.75 Å². The Morgan fingerprint density at radius 3 is 2.81 bits per heavy atom. The Bertz CT molecular complexity index is 1020. The van der Waals surface area contributed by atoms with Crippen molar-refractivity contribution in [2.75, 3.05) is 13.6 Å². The molecule has 4 rings (SSSR count). The highest BCUT2D eigenvalue weighted by molar-refractivity contribution is 6.19. The molecule has 1 heterocycles. The predicted molar refractivity (Wildman–Crippen MR) is 91.8 cm³/mol. The number of ketones is 1. The van der Waals surface area contributed by atoms with E-state index in [1.807, 2.05) is 13.8 Å². The molecule has 0 spiro atoms. The molecule has 26 heavy (non-hydrogen) atoms. The summed E-state index contributed by atoms with van der Waals surface area (Å²) in [4.78, 5) is 13.1. The van der Waals surface area contributed by atoms with Crippen molar-refractivity contribution in [2.45, 2.75) is 19.3 Å². The summed E-state index contributed by atoms with van der Waals surface area (Å²) >= 11 is 0. The second-order valence-electron chi connectivity index (χ2n) is 6.68. The van der Waals surface area contributed by atoms with Gasteiger partial charge in [0.05, 0.1) is 10.9 Å². The fourth-order valence-corrected chi connectivity index (χ4v) is 3.50. The Hall–Kier alpha value is -2.70. The van der Waals surface area contributed by atoms with Gasteiger partial charge in [-0.3, -0.25) is 4.79 Å². The summed E-state index contributed by atoms with van der Waals surface area (Å²) < 4.78 is 30.5. The van der Waals surface area contributed by atoms with E-state index in [4.69, 9.17) is 19.0 Å². The van der Waals surface area contributed by atoms with E-state index in [0.717, 1.165) is 5.56 Å². The zero-order valence-corrected chi connectivity index (χ0v) is 14.3. The highest BCUT2D eigenvalue weighted by Gasteiger charge is 2.42. The zero-order valence-electron chi connectivity index (χ0n) is 14.3. The molecule has 2 aromatic carbocycles. The maximum atomic E-state index is 14.4. The molecule has 3 aromatic rings. The number of halogens is 1. The Labute approximate surface area is 148 Å². The van der Waals surface area contributed by atoms with Crippen LogP contribution in [0.1, 0.15) is 41.1 Å². The van der Waals surface area contributed by atoms with Crippen molar-refractivity contribution in [1.29, 1.82) is 0 Å². The van der Waals surface area contributed by atoms with Crippen molar-refractivity contribution in [1.82, 2.24) is 0 Å². The Morgan fingerprint density at radius 2 is 2.04 bits per heavy atom. The number of ether oxygens (including phenoxy) is 2. The molecule has 6 heteroatoms. The first kappa shape index (κ1) is 16.8. The molecular formula is C20H17FO5. The number of hydrogen-bond donors (Lipinski definition) is 1. The number of aliphatic hydroxyl groups is 1. The van der Waals surface area contributed by atoms with Crippen molar-refractivity contribution < 1.29 is 28.2 Å². The summed E-state index contributed by atoms with van der Waals surface area (Å²) in [5, 5.41) is 8.89. The lowest BCUT2D eigenvalue weighted by Gasteiger charge is -2.30. The minimum Gasteiger partial charge on any atom is -0.467 e. The van der Waals surface area contributed by atoms with E-state index >= 15 is 0 Å². The molecule has 0 amide bonds. The van der Waals surface area contributed by atoms with Crippen LogP contribution in [-0.4, -0.2) is 24.5 Å². The van der Waals surface area contributed by atoms with Gasteiger partial charge in [0.15, 0.2) is 12.6 Å². The number of furan rings is 1. The molecule has 0 radical (unpaired) electrons. The van der Waals surface area contributed by atoms with Crippen LogP contribution >= 0.6 is 0 Å². The molecule has 0 saturated heterocycles. The fraction of sp³-hybridized carbons (Fsp3) is 0.250. The second-order valence-corrected chi connectivity index (χ2v) is 6.68. The standard InChI is InChI=1S/C20H17FO5/c1-20(2)13-8-11(25-10-24-9-22)6-7-12(13)18(23)17-16-14(21)4-3-5-15(16)26-19(17)20/h3-8,22H,9-10H2,1-2H3. The number of aliphatic hydroxyl groups excluding tert-OH is 1. The summed E-state index contributed by atoms with van der Waals surface area (Å²) in [6, 6.07) is 9.61. The monoisotopic (exact) mass is 356 g/mol. The lowest BCUT2D eigenvalue weighted by molar-refractivity contribution is -0.0653. The molecule has 0 aliphatic heterocycles. The summed E-state index contributed by atoms with van der Waals surface area (Å²) in [6.07, 6.45) is 0. The summed E-state index contributed by atoms with van der Waals surface area (Å²) in [5.74, 6) is 0.209. The smallest absolute Gasteiger partial charge is 0.197 e. The van der Waals surface area contributed by atoms with Crippen LogP contribution < -0.4 is 4.74 Å². The molecule has 0 saturated carbocycles. The molecule has 1 aromatic heterocycles. The van der Waals surface area contributed by atoms with Gasteiger partial charge in [-0.15, -0.1) is 0 Å². The topological polar surface area (TPSA) is 68.9 Å². The predicted octanol–water partition coefficient (Wildman–Crippen LogP) is 3.74. The molecule has 1 N–H and O–H groups in total. The Kier molecular flexibility index (Phi) is 3.82.